The van der Waals surface area contributed by atoms with Crippen molar-refractivity contribution in [1.82, 2.24) is 5.32 Å². The molecule has 3 rings (SSSR count). The van der Waals surface area contributed by atoms with Crippen LogP contribution in [0.5, 0.6) is 5.75 Å². The number of allylic oxidation sites excluding steroid dienone is 1. The Labute approximate surface area is 155 Å². The molecule has 0 radical (unpaired) electrons. The summed E-state index contributed by atoms with van der Waals surface area (Å²) >= 11 is 0. The summed E-state index contributed by atoms with van der Waals surface area (Å²) in [7, 11) is 0. The van der Waals surface area contributed by atoms with Crippen molar-refractivity contribution in [3.8, 4) is 5.75 Å². The smallest absolute Gasteiger partial charge is 0.257 e. The Morgan fingerprint density at radius 1 is 0.962 bits per heavy atom. The zero-order valence-corrected chi connectivity index (χ0v) is 15.0. The molecular formula is C22H26N2O2. The second kappa shape index (κ2) is 9.66. The number of carbonyl (C=O) groups is 1. The summed E-state index contributed by atoms with van der Waals surface area (Å²) in [5.41, 5.74) is 3.49. The first-order valence-corrected chi connectivity index (χ1v) is 9.29. The first-order valence-electron chi connectivity index (χ1n) is 9.29. The zero-order chi connectivity index (χ0) is 18.0. The number of nitrogens with one attached hydrogen (secondary N) is 2. The summed E-state index contributed by atoms with van der Waals surface area (Å²) in [5, 5.41) is 6.24. The molecule has 0 bridgehead atoms. The Hall–Kier alpha value is -2.75. The van der Waals surface area contributed by atoms with Crippen LogP contribution in [0.25, 0.3) is 0 Å². The second-order valence-corrected chi connectivity index (χ2v) is 6.51. The molecule has 0 fully saturated rings. The van der Waals surface area contributed by atoms with E-state index in [2.05, 4.69) is 16.7 Å². The number of benzene rings is 2. The van der Waals surface area contributed by atoms with E-state index in [1.54, 1.807) is 0 Å². The summed E-state index contributed by atoms with van der Waals surface area (Å²) in [6.45, 7) is 0.735. The van der Waals surface area contributed by atoms with Gasteiger partial charge in [0.15, 0.2) is 6.61 Å². The summed E-state index contributed by atoms with van der Waals surface area (Å²) in [6.07, 6.45) is 8.20. The molecule has 1 aliphatic carbocycles. The predicted molar refractivity (Wildman–Crippen MR) is 106 cm³/mol. The highest BCUT2D eigenvalue weighted by atomic mass is 16.5. The van der Waals surface area contributed by atoms with Gasteiger partial charge in [-0.25, -0.2) is 0 Å². The van der Waals surface area contributed by atoms with Crippen LogP contribution in [-0.4, -0.2) is 19.1 Å². The number of rotatable bonds is 8. The number of hydrogen-bond acceptors (Lipinski definition) is 3. The molecule has 0 spiro atoms. The molecule has 0 aliphatic heterocycles. The molecule has 2 aromatic rings. The van der Waals surface area contributed by atoms with Gasteiger partial charge in [-0.15, -0.1) is 0 Å². The number of para-hydroxylation sites is 1. The Bertz CT molecular complexity index is 724. The third kappa shape index (κ3) is 5.96. The molecule has 0 unspecified atom stereocenters. The molecule has 4 heteroatoms. The van der Waals surface area contributed by atoms with E-state index < -0.39 is 0 Å². The highest BCUT2D eigenvalue weighted by Crippen LogP contribution is 2.20. The van der Waals surface area contributed by atoms with Crippen LogP contribution in [0.4, 0.5) is 11.4 Å². The topological polar surface area (TPSA) is 50.4 Å². The van der Waals surface area contributed by atoms with Crippen molar-refractivity contribution in [3.63, 3.8) is 0 Å². The minimum absolute atomic E-state index is 0.0461. The highest BCUT2D eigenvalue weighted by Gasteiger charge is 2.06. The lowest BCUT2D eigenvalue weighted by molar-refractivity contribution is -0.123. The molecular weight excluding hydrogens is 324 g/mol. The van der Waals surface area contributed by atoms with Gasteiger partial charge in [-0.1, -0.05) is 29.8 Å². The minimum atomic E-state index is -0.0760. The van der Waals surface area contributed by atoms with E-state index in [-0.39, 0.29) is 12.5 Å². The molecule has 2 N–H and O–H groups in total. The van der Waals surface area contributed by atoms with Gasteiger partial charge in [-0.05, 0) is 68.5 Å². The van der Waals surface area contributed by atoms with Crippen molar-refractivity contribution in [2.45, 2.75) is 32.1 Å². The van der Waals surface area contributed by atoms with E-state index in [1.807, 2.05) is 54.6 Å². The van der Waals surface area contributed by atoms with Crippen LogP contribution in [0.2, 0.25) is 0 Å². The summed E-state index contributed by atoms with van der Waals surface area (Å²) in [4.78, 5) is 11.9. The molecule has 26 heavy (non-hydrogen) atoms. The van der Waals surface area contributed by atoms with E-state index >= 15 is 0 Å². The largest absolute Gasteiger partial charge is 0.484 e. The van der Waals surface area contributed by atoms with Gasteiger partial charge >= 0.3 is 0 Å². The summed E-state index contributed by atoms with van der Waals surface area (Å²) in [5.74, 6) is 0.613. The lowest BCUT2D eigenvalue weighted by Gasteiger charge is -2.13. The normalized spacial score (nSPS) is 13.6. The van der Waals surface area contributed by atoms with Crippen LogP contribution in [-0.2, 0) is 4.79 Å². The standard InChI is InChI=1S/C22H26N2O2/c25-22(23-16-15-18-7-3-1-4-8-18)17-26-21-13-11-20(12-14-21)24-19-9-5-2-6-10-19/h2,5-7,9-14,24H,1,3-4,8,15-17H2,(H,23,25). The first-order chi connectivity index (χ1) is 12.8. The van der Waals surface area contributed by atoms with E-state index in [1.165, 1.54) is 31.3 Å². The van der Waals surface area contributed by atoms with Gasteiger partial charge in [-0.2, -0.15) is 0 Å². The van der Waals surface area contributed by atoms with E-state index in [0.29, 0.717) is 12.3 Å². The number of anilines is 2. The molecule has 1 aliphatic rings. The van der Waals surface area contributed by atoms with E-state index in [9.17, 15) is 4.79 Å². The van der Waals surface area contributed by atoms with Crippen LogP contribution in [0.15, 0.2) is 66.2 Å². The molecule has 0 saturated carbocycles. The number of hydrogen-bond donors (Lipinski definition) is 2. The minimum Gasteiger partial charge on any atom is -0.484 e. The van der Waals surface area contributed by atoms with Gasteiger partial charge in [0.1, 0.15) is 5.75 Å². The lowest BCUT2D eigenvalue weighted by atomic mass is 9.97. The van der Waals surface area contributed by atoms with Gasteiger partial charge in [0, 0.05) is 17.9 Å². The Morgan fingerprint density at radius 3 is 2.46 bits per heavy atom. The van der Waals surface area contributed by atoms with Crippen LogP contribution in [0.3, 0.4) is 0 Å². The maximum absolute atomic E-state index is 11.9. The molecule has 4 nitrogen and oxygen atoms in total. The maximum atomic E-state index is 11.9. The van der Waals surface area contributed by atoms with Crippen LogP contribution in [0, 0.1) is 0 Å². The zero-order valence-electron chi connectivity index (χ0n) is 15.0. The van der Waals surface area contributed by atoms with Crippen molar-refractivity contribution in [3.05, 3.63) is 66.2 Å². The van der Waals surface area contributed by atoms with Gasteiger partial charge in [0.2, 0.25) is 0 Å². The maximum Gasteiger partial charge on any atom is 0.257 e. The average Bonchev–Trinajstić information content (AvgIpc) is 2.69. The van der Waals surface area contributed by atoms with Gasteiger partial charge in [0.05, 0.1) is 0 Å². The third-order valence-corrected chi connectivity index (χ3v) is 4.44. The van der Waals surface area contributed by atoms with Crippen LogP contribution >= 0.6 is 0 Å². The molecule has 0 heterocycles. The monoisotopic (exact) mass is 350 g/mol. The van der Waals surface area contributed by atoms with Crippen molar-refractivity contribution < 1.29 is 9.53 Å². The van der Waals surface area contributed by atoms with Crippen molar-refractivity contribution in [1.29, 1.82) is 0 Å². The fraction of sp³-hybridized carbons (Fsp3) is 0.318. The van der Waals surface area contributed by atoms with Crippen molar-refractivity contribution >= 4 is 17.3 Å². The van der Waals surface area contributed by atoms with Gasteiger partial charge in [0.25, 0.3) is 5.91 Å². The SMILES string of the molecule is O=C(COc1ccc(Nc2ccccc2)cc1)NCCC1=CCCCC1. The molecule has 2 aromatic carbocycles. The molecule has 136 valence electrons. The van der Waals surface area contributed by atoms with E-state index in [4.69, 9.17) is 4.74 Å². The molecule has 0 aromatic heterocycles. The van der Waals surface area contributed by atoms with E-state index in [0.717, 1.165) is 17.8 Å². The van der Waals surface area contributed by atoms with Crippen LogP contribution < -0.4 is 15.4 Å². The second-order valence-electron chi connectivity index (χ2n) is 6.51. The first kappa shape index (κ1) is 18.1. The fourth-order valence-corrected chi connectivity index (χ4v) is 3.02. The molecule has 1 amide bonds. The van der Waals surface area contributed by atoms with Crippen LogP contribution in [0.1, 0.15) is 32.1 Å². The summed E-state index contributed by atoms with van der Waals surface area (Å²) in [6, 6.07) is 17.6. The number of ether oxygens (including phenoxy) is 1. The number of amides is 1. The summed E-state index contributed by atoms with van der Waals surface area (Å²) < 4.78 is 5.56. The van der Waals surface area contributed by atoms with Crippen molar-refractivity contribution in [2.24, 2.45) is 0 Å². The Kier molecular flexibility index (Phi) is 6.71. The quantitative estimate of drug-likeness (QED) is 0.671. The Morgan fingerprint density at radius 2 is 1.73 bits per heavy atom. The highest BCUT2D eigenvalue weighted by molar-refractivity contribution is 5.77. The van der Waals surface area contributed by atoms with Gasteiger partial charge < -0.3 is 15.4 Å². The average molecular weight is 350 g/mol. The third-order valence-electron chi connectivity index (χ3n) is 4.44. The predicted octanol–water partition coefficient (Wildman–Crippen LogP) is 4.82. The van der Waals surface area contributed by atoms with Crippen molar-refractivity contribution in [2.75, 3.05) is 18.5 Å². The Balaban J connectivity index is 1.37. The fourth-order valence-electron chi connectivity index (χ4n) is 3.02. The molecule has 0 saturated heterocycles. The van der Waals surface area contributed by atoms with Gasteiger partial charge in [-0.3, -0.25) is 4.79 Å². The number of carbonyl (C=O) groups excluding carboxylic acids is 1. The molecule has 0 atom stereocenters. The lowest BCUT2D eigenvalue weighted by Crippen LogP contribution is -2.29.